The third-order valence-electron chi connectivity index (χ3n) is 5.76. The SMILES string of the molecule is CCCCCCCCCCCCCCCc1cc2c(C(=O)OCC)cccc2[nH]1. The normalized spacial score (nSPS) is 11.2. The summed E-state index contributed by atoms with van der Waals surface area (Å²) in [7, 11) is 0. The van der Waals surface area contributed by atoms with Crippen LogP contribution in [0.1, 0.15) is 113 Å². The van der Waals surface area contributed by atoms with E-state index in [4.69, 9.17) is 4.74 Å². The maximum absolute atomic E-state index is 12.1. The van der Waals surface area contributed by atoms with Gasteiger partial charge in [-0.15, -0.1) is 0 Å². The van der Waals surface area contributed by atoms with E-state index in [1.54, 1.807) is 0 Å². The largest absolute Gasteiger partial charge is 0.462 e. The number of aryl methyl sites for hydroxylation is 1. The van der Waals surface area contributed by atoms with Crippen LogP contribution in [0.5, 0.6) is 0 Å². The van der Waals surface area contributed by atoms with Gasteiger partial charge in [0.2, 0.25) is 0 Å². The third-order valence-corrected chi connectivity index (χ3v) is 5.76. The summed E-state index contributed by atoms with van der Waals surface area (Å²) in [5, 5.41) is 0.982. The number of unbranched alkanes of at least 4 members (excludes halogenated alkanes) is 12. The first-order valence-electron chi connectivity index (χ1n) is 12.0. The van der Waals surface area contributed by atoms with Crippen molar-refractivity contribution in [3.63, 3.8) is 0 Å². The lowest BCUT2D eigenvalue weighted by Gasteiger charge is -2.03. The number of ether oxygens (including phenoxy) is 1. The molecule has 0 saturated heterocycles. The molecule has 0 fully saturated rings. The van der Waals surface area contributed by atoms with Crippen LogP contribution >= 0.6 is 0 Å². The minimum absolute atomic E-state index is 0.232. The summed E-state index contributed by atoms with van der Waals surface area (Å²) in [5.74, 6) is -0.232. The number of benzene rings is 1. The molecule has 0 bridgehead atoms. The number of aromatic amines is 1. The number of aromatic nitrogens is 1. The van der Waals surface area contributed by atoms with Crippen molar-refractivity contribution in [2.45, 2.75) is 104 Å². The highest BCUT2D eigenvalue weighted by molar-refractivity contribution is 6.04. The van der Waals surface area contributed by atoms with Crippen molar-refractivity contribution < 1.29 is 9.53 Å². The van der Waals surface area contributed by atoms with Gasteiger partial charge in [0.15, 0.2) is 0 Å². The molecule has 2 rings (SSSR count). The number of rotatable bonds is 16. The van der Waals surface area contributed by atoms with Gasteiger partial charge in [0.25, 0.3) is 0 Å². The van der Waals surface area contributed by atoms with Gasteiger partial charge in [-0.2, -0.15) is 0 Å². The highest BCUT2D eigenvalue weighted by Gasteiger charge is 2.12. The first kappa shape index (κ1) is 23.5. The lowest BCUT2D eigenvalue weighted by Crippen LogP contribution is -2.04. The van der Waals surface area contributed by atoms with Crippen molar-refractivity contribution in [2.24, 2.45) is 0 Å². The van der Waals surface area contributed by atoms with E-state index in [-0.39, 0.29) is 5.97 Å². The van der Waals surface area contributed by atoms with Gasteiger partial charge in [-0.25, -0.2) is 4.79 Å². The van der Waals surface area contributed by atoms with Crippen molar-refractivity contribution in [3.05, 3.63) is 35.5 Å². The zero-order valence-electron chi connectivity index (χ0n) is 18.7. The Morgan fingerprint density at radius 1 is 0.828 bits per heavy atom. The first-order valence-corrected chi connectivity index (χ1v) is 12.0. The Kier molecular flexibility index (Phi) is 11.6. The first-order chi connectivity index (χ1) is 14.3. The molecule has 0 aliphatic heterocycles. The van der Waals surface area contributed by atoms with Crippen LogP contribution in [0.3, 0.4) is 0 Å². The second-order valence-corrected chi connectivity index (χ2v) is 8.27. The average molecular weight is 400 g/mol. The minimum atomic E-state index is -0.232. The number of hydrogen-bond donors (Lipinski definition) is 1. The van der Waals surface area contributed by atoms with Gasteiger partial charge in [-0.1, -0.05) is 90.0 Å². The Labute approximate surface area is 177 Å². The minimum Gasteiger partial charge on any atom is -0.462 e. The van der Waals surface area contributed by atoms with Crippen molar-refractivity contribution in [1.82, 2.24) is 4.98 Å². The van der Waals surface area contributed by atoms with Crippen molar-refractivity contribution in [2.75, 3.05) is 6.61 Å². The Hall–Kier alpha value is -1.77. The second-order valence-electron chi connectivity index (χ2n) is 8.27. The maximum Gasteiger partial charge on any atom is 0.338 e. The van der Waals surface area contributed by atoms with Crippen LogP contribution in [0.15, 0.2) is 24.3 Å². The number of H-pyrrole nitrogens is 1. The molecular weight excluding hydrogens is 358 g/mol. The summed E-state index contributed by atoms with van der Waals surface area (Å²) >= 11 is 0. The third kappa shape index (κ3) is 8.64. The zero-order chi connectivity index (χ0) is 20.7. The highest BCUT2D eigenvalue weighted by atomic mass is 16.5. The maximum atomic E-state index is 12.1. The van der Waals surface area contributed by atoms with Gasteiger partial charge in [0, 0.05) is 16.6 Å². The number of carbonyl (C=O) groups is 1. The van der Waals surface area contributed by atoms with E-state index < -0.39 is 0 Å². The molecule has 0 saturated carbocycles. The molecule has 3 heteroatoms. The second kappa shape index (κ2) is 14.3. The molecule has 29 heavy (non-hydrogen) atoms. The molecule has 0 spiro atoms. The summed E-state index contributed by atoms with van der Waals surface area (Å²) in [6.45, 7) is 4.53. The summed E-state index contributed by atoms with van der Waals surface area (Å²) in [6.07, 6.45) is 19.0. The molecule has 2 aromatic rings. The average Bonchev–Trinajstić information content (AvgIpc) is 3.14. The van der Waals surface area contributed by atoms with Crippen molar-refractivity contribution in [1.29, 1.82) is 0 Å². The van der Waals surface area contributed by atoms with E-state index in [0.717, 1.165) is 17.3 Å². The smallest absolute Gasteiger partial charge is 0.338 e. The van der Waals surface area contributed by atoms with Gasteiger partial charge >= 0.3 is 5.97 Å². The molecule has 1 aromatic heterocycles. The fourth-order valence-electron chi connectivity index (χ4n) is 4.07. The quantitative estimate of drug-likeness (QED) is 0.230. The fourth-order valence-corrected chi connectivity index (χ4v) is 4.07. The number of esters is 1. The number of hydrogen-bond acceptors (Lipinski definition) is 2. The predicted octanol–water partition coefficient (Wildman–Crippen LogP) is 7.98. The van der Waals surface area contributed by atoms with Gasteiger partial charge < -0.3 is 9.72 Å². The van der Waals surface area contributed by atoms with E-state index in [0.29, 0.717) is 12.2 Å². The van der Waals surface area contributed by atoms with E-state index >= 15 is 0 Å². The fraction of sp³-hybridized carbons (Fsp3) is 0.654. The highest BCUT2D eigenvalue weighted by Crippen LogP contribution is 2.22. The van der Waals surface area contributed by atoms with Crippen LogP contribution in [0.25, 0.3) is 10.9 Å². The van der Waals surface area contributed by atoms with Gasteiger partial charge in [0.1, 0.15) is 0 Å². The Morgan fingerprint density at radius 3 is 2.00 bits per heavy atom. The molecule has 0 aliphatic carbocycles. The summed E-state index contributed by atoms with van der Waals surface area (Å²) in [6, 6.07) is 7.93. The van der Waals surface area contributed by atoms with E-state index in [2.05, 4.69) is 18.0 Å². The molecule has 0 atom stereocenters. The van der Waals surface area contributed by atoms with Crippen LogP contribution in [0.2, 0.25) is 0 Å². The Balaban J connectivity index is 1.57. The summed E-state index contributed by atoms with van der Waals surface area (Å²) in [4.78, 5) is 15.6. The topological polar surface area (TPSA) is 42.1 Å². The van der Waals surface area contributed by atoms with E-state index in [9.17, 15) is 4.79 Å². The lowest BCUT2D eigenvalue weighted by molar-refractivity contribution is 0.0528. The predicted molar refractivity (Wildman–Crippen MR) is 124 cm³/mol. The Morgan fingerprint density at radius 2 is 1.41 bits per heavy atom. The zero-order valence-corrected chi connectivity index (χ0v) is 18.7. The van der Waals surface area contributed by atoms with Gasteiger partial charge in [-0.3, -0.25) is 0 Å². The Bertz CT molecular complexity index is 704. The molecular formula is C26H41NO2. The molecule has 3 nitrogen and oxygen atoms in total. The standard InChI is InChI=1S/C26H41NO2/c1-3-5-6-7-8-9-10-11-12-13-14-15-16-18-22-21-24-23(26(28)29-4-2)19-17-20-25(24)27-22/h17,19-21,27H,3-16,18H2,1-2H3. The molecule has 162 valence electrons. The lowest BCUT2D eigenvalue weighted by atomic mass is 10.0. The van der Waals surface area contributed by atoms with Crippen LogP contribution in [-0.4, -0.2) is 17.6 Å². The van der Waals surface area contributed by atoms with Crippen molar-refractivity contribution >= 4 is 16.9 Å². The summed E-state index contributed by atoms with van der Waals surface area (Å²) < 4.78 is 5.17. The molecule has 1 aromatic carbocycles. The van der Waals surface area contributed by atoms with Crippen LogP contribution in [0.4, 0.5) is 0 Å². The molecule has 0 radical (unpaired) electrons. The monoisotopic (exact) mass is 399 g/mol. The van der Waals surface area contributed by atoms with Crippen LogP contribution < -0.4 is 0 Å². The van der Waals surface area contributed by atoms with Crippen molar-refractivity contribution in [3.8, 4) is 0 Å². The van der Waals surface area contributed by atoms with E-state index in [1.807, 2.05) is 25.1 Å². The number of carbonyl (C=O) groups excluding carboxylic acids is 1. The van der Waals surface area contributed by atoms with Gasteiger partial charge in [-0.05, 0) is 38.0 Å². The molecule has 0 unspecified atom stereocenters. The van der Waals surface area contributed by atoms with E-state index in [1.165, 1.54) is 89.2 Å². The number of nitrogens with one attached hydrogen (secondary N) is 1. The van der Waals surface area contributed by atoms with Crippen LogP contribution in [-0.2, 0) is 11.2 Å². The summed E-state index contributed by atoms with van der Waals surface area (Å²) in [5.41, 5.74) is 2.91. The molecule has 1 N–H and O–H groups in total. The number of fused-ring (bicyclic) bond motifs is 1. The molecule has 0 amide bonds. The van der Waals surface area contributed by atoms with Gasteiger partial charge in [0.05, 0.1) is 12.2 Å². The van der Waals surface area contributed by atoms with Crippen LogP contribution in [0, 0.1) is 0 Å². The molecule has 1 heterocycles. The molecule has 0 aliphatic rings.